The van der Waals surface area contributed by atoms with Gasteiger partial charge in [0, 0.05) is 57.3 Å². The van der Waals surface area contributed by atoms with Gasteiger partial charge in [-0.2, -0.15) is 5.10 Å². The summed E-state index contributed by atoms with van der Waals surface area (Å²) in [6, 6.07) is 9.53. The van der Waals surface area contributed by atoms with Crippen LogP contribution in [0.25, 0.3) is 5.69 Å². The van der Waals surface area contributed by atoms with Crippen molar-refractivity contribution in [2.45, 2.75) is 18.9 Å². The van der Waals surface area contributed by atoms with E-state index < -0.39 is 0 Å². The molecule has 0 spiro atoms. The van der Waals surface area contributed by atoms with Gasteiger partial charge in [-0.25, -0.2) is 4.68 Å². The molecule has 25 heavy (non-hydrogen) atoms. The predicted octanol–water partition coefficient (Wildman–Crippen LogP) is 1.81. The van der Waals surface area contributed by atoms with Crippen molar-refractivity contribution in [1.82, 2.24) is 19.6 Å². The van der Waals surface area contributed by atoms with E-state index in [-0.39, 0.29) is 5.91 Å². The van der Waals surface area contributed by atoms with E-state index in [9.17, 15) is 4.79 Å². The molecule has 2 fully saturated rings. The second-order valence-corrected chi connectivity index (χ2v) is 6.73. The van der Waals surface area contributed by atoms with Crippen LogP contribution in [0.4, 0.5) is 0 Å². The number of hydrogen-bond donors (Lipinski definition) is 0. The molecule has 2 saturated heterocycles. The fraction of sp³-hybridized carbons (Fsp3) is 0.474. The van der Waals surface area contributed by atoms with Crippen LogP contribution in [0.3, 0.4) is 0 Å². The lowest BCUT2D eigenvalue weighted by molar-refractivity contribution is 0.0433. The lowest BCUT2D eigenvalue weighted by Crippen LogP contribution is -2.50. The topological polar surface area (TPSA) is 50.6 Å². The van der Waals surface area contributed by atoms with Gasteiger partial charge in [-0.3, -0.25) is 9.69 Å². The first-order valence-electron chi connectivity index (χ1n) is 9.03. The maximum absolute atomic E-state index is 12.7. The lowest BCUT2D eigenvalue weighted by Gasteiger charge is -2.35. The molecule has 2 aliphatic rings. The number of piperazine rings is 1. The molecule has 6 nitrogen and oxygen atoms in total. The first-order valence-corrected chi connectivity index (χ1v) is 9.03. The Hall–Kier alpha value is -2.18. The molecular weight excluding hydrogens is 316 g/mol. The van der Waals surface area contributed by atoms with Crippen molar-refractivity contribution in [3.8, 4) is 5.69 Å². The molecule has 6 heteroatoms. The van der Waals surface area contributed by atoms with Gasteiger partial charge in [0.25, 0.3) is 5.91 Å². The summed E-state index contributed by atoms with van der Waals surface area (Å²) in [7, 11) is 0. The fourth-order valence-corrected chi connectivity index (χ4v) is 3.57. The molecule has 1 aromatic heterocycles. The van der Waals surface area contributed by atoms with Crippen LogP contribution in [0.5, 0.6) is 0 Å². The van der Waals surface area contributed by atoms with Crippen molar-refractivity contribution in [1.29, 1.82) is 0 Å². The van der Waals surface area contributed by atoms with E-state index in [1.807, 2.05) is 41.4 Å². The van der Waals surface area contributed by atoms with Gasteiger partial charge < -0.3 is 9.64 Å². The van der Waals surface area contributed by atoms with Gasteiger partial charge in [-0.15, -0.1) is 0 Å². The molecule has 0 aliphatic carbocycles. The third-order valence-corrected chi connectivity index (χ3v) is 5.03. The Bertz CT molecular complexity index is 685. The van der Waals surface area contributed by atoms with E-state index >= 15 is 0 Å². The highest BCUT2D eigenvalue weighted by Gasteiger charge is 2.25. The number of hydrogen-bond acceptors (Lipinski definition) is 4. The Labute approximate surface area is 148 Å². The maximum atomic E-state index is 12.7. The van der Waals surface area contributed by atoms with Gasteiger partial charge in [0.05, 0.1) is 11.8 Å². The molecule has 1 amide bonds. The molecule has 2 aliphatic heterocycles. The highest BCUT2D eigenvalue weighted by atomic mass is 16.5. The Morgan fingerprint density at radius 3 is 2.60 bits per heavy atom. The van der Waals surface area contributed by atoms with Crippen LogP contribution in [-0.2, 0) is 4.74 Å². The quantitative estimate of drug-likeness (QED) is 0.852. The van der Waals surface area contributed by atoms with Crippen molar-refractivity contribution in [2.75, 3.05) is 39.3 Å². The number of benzene rings is 1. The summed E-state index contributed by atoms with van der Waals surface area (Å²) in [5.74, 6) is 0.115. The Morgan fingerprint density at radius 2 is 1.96 bits per heavy atom. The van der Waals surface area contributed by atoms with Gasteiger partial charge in [0.2, 0.25) is 0 Å². The van der Waals surface area contributed by atoms with Gasteiger partial charge in [0.15, 0.2) is 0 Å². The van der Waals surface area contributed by atoms with E-state index in [1.54, 1.807) is 10.9 Å². The summed E-state index contributed by atoms with van der Waals surface area (Å²) >= 11 is 0. The minimum absolute atomic E-state index is 0.115. The van der Waals surface area contributed by atoms with Crippen LogP contribution in [0.1, 0.15) is 23.2 Å². The molecule has 0 saturated carbocycles. The minimum atomic E-state index is 0.115. The zero-order chi connectivity index (χ0) is 17.1. The second kappa shape index (κ2) is 7.37. The Morgan fingerprint density at radius 1 is 1.16 bits per heavy atom. The molecule has 1 aromatic carbocycles. The first-order chi connectivity index (χ1) is 12.3. The predicted molar refractivity (Wildman–Crippen MR) is 94.9 cm³/mol. The maximum Gasteiger partial charge on any atom is 0.253 e. The molecule has 3 heterocycles. The van der Waals surface area contributed by atoms with Crippen molar-refractivity contribution in [3.05, 3.63) is 48.3 Å². The van der Waals surface area contributed by atoms with E-state index in [0.717, 1.165) is 50.6 Å². The number of ether oxygens (including phenoxy) is 1. The third kappa shape index (κ3) is 3.75. The van der Waals surface area contributed by atoms with Crippen LogP contribution in [0, 0.1) is 0 Å². The summed E-state index contributed by atoms with van der Waals surface area (Å²) in [6.07, 6.45) is 6.37. The van der Waals surface area contributed by atoms with Crippen molar-refractivity contribution in [3.63, 3.8) is 0 Å². The molecule has 1 unspecified atom stereocenters. The zero-order valence-electron chi connectivity index (χ0n) is 14.4. The zero-order valence-corrected chi connectivity index (χ0v) is 14.4. The van der Waals surface area contributed by atoms with E-state index in [0.29, 0.717) is 6.10 Å². The molecular formula is C19H24N4O2. The molecule has 0 radical (unpaired) electrons. The average molecular weight is 340 g/mol. The molecule has 1 atom stereocenters. The van der Waals surface area contributed by atoms with Crippen LogP contribution in [-0.4, -0.2) is 70.9 Å². The van der Waals surface area contributed by atoms with E-state index in [2.05, 4.69) is 10.00 Å². The molecule has 0 bridgehead atoms. The molecule has 0 N–H and O–H groups in total. The van der Waals surface area contributed by atoms with Crippen LogP contribution in [0.15, 0.2) is 42.7 Å². The average Bonchev–Trinajstić information content (AvgIpc) is 3.36. The molecule has 4 rings (SSSR count). The second-order valence-electron chi connectivity index (χ2n) is 6.73. The number of rotatable bonds is 4. The van der Waals surface area contributed by atoms with Gasteiger partial charge in [0.1, 0.15) is 0 Å². The third-order valence-electron chi connectivity index (χ3n) is 5.03. The van der Waals surface area contributed by atoms with Gasteiger partial charge >= 0.3 is 0 Å². The smallest absolute Gasteiger partial charge is 0.253 e. The summed E-state index contributed by atoms with van der Waals surface area (Å²) in [5.41, 5.74) is 1.70. The Balaban J connectivity index is 1.32. The SMILES string of the molecule is O=C(c1ccc(-n2cccn2)cc1)N1CCN(CC2CCCO2)CC1. The highest BCUT2D eigenvalue weighted by molar-refractivity contribution is 5.94. The minimum Gasteiger partial charge on any atom is -0.377 e. The normalized spacial score (nSPS) is 21.6. The number of carbonyl (C=O) groups excluding carboxylic acids is 1. The molecule has 2 aromatic rings. The fourth-order valence-electron chi connectivity index (χ4n) is 3.57. The van der Waals surface area contributed by atoms with Crippen LogP contribution < -0.4 is 0 Å². The number of nitrogens with zero attached hydrogens (tertiary/aromatic N) is 4. The van der Waals surface area contributed by atoms with Crippen molar-refractivity contribution >= 4 is 5.91 Å². The van der Waals surface area contributed by atoms with Crippen molar-refractivity contribution in [2.24, 2.45) is 0 Å². The van der Waals surface area contributed by atoms with E-state index in [1.165, 1.54) is 12.8 Å². The largest absolute Gasteiger partial charge is 0.377 e. The Kier molecular flexibility index (Phi) is 4.81. The first kappa shape index (κ1) is 16.3. The summed E-state index contributed by atoms with van der Waals surface area (Å²) in [6.45, 7) is 5.32. The van der Waals surface area contributed by atoms with Crippen LogP contribution >= 0.6 is 0 Å². The lowest BCUT2D eigenvalue weighted by atomic mass is 10.1. The number of aromatic nitrogens is 2. The monoisotopic (exact) mass is 340 g/mol. The number of carbonyl (C=O) groups is 1. The summed E-state index contributed by atoms with van der Waals surface area (Å²) < 4.78 is 7.50. The number of amides is 1. The van der Waals surface area contributed by atoms with Gasteiger partial charge in [-0.1, -0.05) is 0 Å². The standard InChI is InChI=1S/C19H24N4O2/c24-19(16-4-6-17(7-5-16)23-9-2-8-20-23)22-12-10-21(11-13-22)15-18-3-1-14-25-18/h2,4-9,18H,1,3,10-15H2. The van der Waals surface area contributed by atoms with Crippen molar-refractivity contribution < 1.29 is 9.53 Å². The van der Waals surface area contributed by atoms with Crippen LogP contribution in [0.2, 0.25) is 0 Å². The van der Waals surface area contributed by atoms with Gasteiger partial charge in [-0.05, 0) is 43.2 Å². The van der Waals surface area contributed by atoms with E-state index in [4.69, 9.17) is 4.74 Å². The summed E-state index contributed by atoms with van der Waals surface area (Å²) in [4.78, 5) is 17.1. The highest BCUT2D eigenvalue weighted by Crippen LogP contribution is 2.16. The summed E-state index contributed by atoms with van der Waals surface area (Å²) in [5, 5.41) is 4.21. The molecule has 132 valence electrons.